The van der Waals surface area contributed by atoms with Gasteiger partial charge in [-0.3, -0.25) is 4.79 Å². The zero-order chi connectivity index (χ0) is 14.5. The van der Waals surface area contributed by atoms with E-state index in [2.05, 4.69) is 22.2 Å². The van der Waals surface area contributed by atoms with Crippen LogP contribution in [0.4, 0.5) is 5.69 Å². The molecule has 20 heavy (non-hydrogen) atoms. The predicted octanol–water partition coefficient (Wildman–Crippen LogP) is 2.15. The Balaban J connectivity index is 2.02. The Labute approximate surface area is 120 Å². The Hall–Kier alpha value is -1.62. The van der Waals surface area contributed by atoms with E-state index in [9.17, 15) is 4.79 Å². The van der Waals surface area contributed by atoms with Gasteiger partial charge >= 0.3 is 5.97 Å². The maximum Gasteiger partial charge on any atom is 0.315 e. The fourth-order valence-corrected chi connectivity index (χ4v) is 2.17. The van der Waals surface area contributed by atoms with Crippen LogP contribution in [0.25, 0.3) is 0 Å². The molecule has 0 unspecified atom stereocenters. The normalized spacial score (nSPS) is 17.2. The first kappa shape index (κ1) is 14.8. The van der Waals surface area contributed by atoms with Crippen LogP contribution in [0.15, 0.2) is 18.3 Å². The van der Waals surface area contributed by atoms with Crippen molar-refractivity contribution in [2.45, 2.75) is 32.7 Å². The highest BCUT2D eigenvalue weighted by Crippen LogP contribution is 2.24. The number of anilines is 1. The topological polar surface area (TPSA) is 54.5 Å². The van der Waals surface area contributed by atoms with E-state index in [1.165, 1.54) is 0 Å². The number of rotatable bonds is 4. The van der Waals surface area contributed by atoms with Crippen molar-refractivity contribution in [3.8, 4) is 5.88 Å². The molecule has 1 aromatic rings. The molecular formula is C15H23N3O2. The maximum atomic E-state index is 11.7. The molecule has 2 rings (SSSR count). The number of hydrogen-bond donors (Lipinski definition) is 1. The Bertz CT molecular complexity index is 454. The van der Waals surface area contributed by atoms with Crippen molar-refractivity contribution in [2.24, 2.45) is 5.92 Å². The zero-order valence-electron chi connectivity index (χ0n) is 12.4. The summed E-state index contributed by atoms with van der Waals surface area (Å²) in [6, 6.07) is 4.17. The van der Waals surface area contributed by atoms with Crippen LogP contribution in [0.2, 0.25) is 0 Å². The Morgan fingerprint density at radius 1 is 1.45 bits per heavy atom. The quantitative estimate of drug-likeness (QED) is 0.855. The van der Waals surface area contributed by atoms with Crippen LogP contribution in [0.5, 0.6) is 5.88 Å². The molecule has 0 atom stereocenters. The number of carbonyl (C=O) groups is 1. The van der Waals surface area contributed by atoms with Gasteiger partial charge in [0.15, 0.2) is 0 Å². The molecule has 5 heteroatoms. The largest absolute Gasteiger partial charge is 0.405 e. The van der Waals surface area contributed by atoms with Crippen LogP contribution in [-0.2, 0) is 4.79 Å². The summed E-state index contributed by atoms with van der Waals surface area (Å²) >= 11 is 0. The standard InChI is InChI=1S/C15H23N3O2/c1-11(2)15(19)20-14-13(5-4-8-16-14)17-12-6-9-18(3)10-7-12/h4-5,8,11-12,17H,6-7,9-10H2,1-3H3. The molecule has 5 nitrogen and oxygen atoms in total. The molecule has 0 aliphatic carbocycles. The first-order valence-corrected chi connectivity index (χ1v) is 7.18. The molecule has 0 bridgehead atoms. The van der Waals surface area contributed by atoms with Gasteiger partial charge in [0.05, 0.1) is 11.6 Å². The molecule has 1 aliphatic heterocycles. The number of esters is 1. The minimum atomic E-state index is -0.255. The molecule has 1 aliphatic rings. The molecule has 1 aromatic heterocycles. The second-order valence-electron chi connectivity index (χ2n) is 5.65. The lowest BCUT2D eigenvalue weighted by molar-refractivity contribution is -0.138. The Morgan fingerprint density at radius 3 is 2.80 bits per heavy atom. The molecule has 1 N–H and O–H groups in total. The summed E-state index contributed by atoms with van der Waals surface area (Å²) in [4.78, 5) is 18.2. The summed E-state index contributed by atoms with van der Waals surface area (Å²) in [6.45, 7) is 5.79. The summed E-state index contributed by atoms with van der Waals surface area (Å²) in [5.41, 5.74) is 0.802. The highest BCUT2D eigenvalue weighted by molar-refractivity contribution is 5.75. The van der Waals surface area contributed by atoms with Crippen molar-refractivity contribution in [3.05, 3.63) is 18.3 Å². The zero-order valence-corrected chi connectivity index (χ0v) is 12.4. The number of nitrogens with zero attached hydrogens (tertiary/aromatic N) is 2. The molecule has 2 heterocycles. The van der Waals surface area contributed by atoms with Crippen molar-refractivity contribution in [1.82, 2.24) is 9.88 Å². The maximum absolute atomic E-state index is 11.7. The number of likely N-dealkylation sites (tertiary alicyclic amines) is 1. The van der Waals surface area contributed by atoms with Gasteiger partial charge in [-0.1, -0.05) is 13.8 Å². The Morgan fingerprint density at radius 2 is 2.15 bits per heavy atom. The molecule has 1 fully saturated rings. The third kappa shape index (κ3) is 3.93. The van der Waals surface area contributed by atoms with Gasteiger partial charge in [0.2, 0.25) is 5.88 Å². The first-order chi connectivity index (χ1) is 9.56. The van der Waals surface area contributed by atoms with Gasteiger partial charge < -0.3 is 15.0 Å². The molecule has 0 saturated carbocycles. The lowest BCUT2D eigenvalue weighted by Gasteiger charge is -2.30. The summed E-state index contributed by atoms with van der Waals surface area (Å²) in [6.07, 6.45) is 3.81. The van der Waals surface area contributed by atoms with E-state index in [1.54, 1.807) is 6.20 Å². The SMILES string of the molecule is CC(C)C(=O)Oc1ncccc1NC1CCN(C)CC1. The highest BCUT2D eigenvalue weighted by atomic mass is 16.5. The lowest BCUT2D eigenvalue weighted by Crippen LogP contribution is -2.36. The van der Waals surface area contributed by atoms with Gasteiger partial charge in [-0.25, -0.2) is 4.98 Å². The van der Waals surface area contributed by atoms with Gasteiger partial charge in [-0.05, 0) is 45.1 Å². The van der Waals surface area contributed by atoms with E-state index < -0.39 is 0 Å². The first-order valence-electron chi connectivity index (χ1n) is 7.18. The van der Waals surface area contributed by atoms with E-state index in [-0.39, 0.29) is 11.9 Å². The van der Waals surface area contributed by atoms with Gasteiger partial charge in [0.25, 0.3) is 0 Å². The van der Waals surface area contributed by atoms with Crippen molar-refractivity contribution in [1.29, 1.82) is 0 Å². The molecule has 110 valence electrons. The van der Waals surface area contributed by atoms with E-state index in [4.69, 9.17) is 4.74 Å². The average Bonchev–Trinajstić information content (AvgIpc) is 2.43. The third-order valence-corrected chi connectivity index (χ3v) is 3.52. The van der Waals surface area contributed by atoms with Crippen LogP contribution < -0.4 is 10.1 Å². The highest BCUT2D eigenvalue weighted by Gasteiger charge is 2.19. The van der Waals surface area contributed by atoms with Crippen LogP contribution >= 0.6 is 0 Å². The van der Waals surface area contributed by atoms with Gasteiger partial charge in [0, 0.05) is 12.2 Å². The summed E-state index contributed by atoms with van der Waals surface area (Å²) in [5.74, 6) is -0.0339. The smallest absolute Gasteiger partial charge is 0.315 e. The number of carbonyl (C=O) groups excluding carboxylic acids is 1. The van der Waals surface area contributed by atoms with Crippen LogP contribution in [0, 0.1) is 5.92 Å². The molecule has 1 saturated heterocycles. The number of pyridine rings is 1. The third-order valence-electron chi connectivity index (χ3n) is 3.52. The molecular weight excluding hydrogens is 254 g/mol. The van der Waals surface area contributed by atoms with Crippen LogP contribution in [-0.4, -0.2) is 42.0 Å². The number of nitrogens with one attached hydrogen (secondary N) is 1. The number of ether oxygens (including phenoxy) is 1. The number of hydrogen-bond acceptors (Lipinski definition) is 5. The van der Waals surface area contributed by atoms with Crippen LogP contribution in [0.3, 0.4) is 0 Å². The minimum absolute atomic E-state index is 0.159. The van der Waals surface area contributed by atoms with E-state index in [1.807, 2.05) is 26.0 Å². The summed E-state index contributed by atoms with van der Waals surface area (Å²) in [7, 11) is 2.14. The predicted molar refractivity (Wildman–Crippen MR) is 78.9 cm³/mol. The second-order valence-corrected chi connectivity index (χ2v) is 5.65. The minimum Gasteiger partial charge on any atom is -0.405 e. The van der Waals surface area contributed by atoms with Gasteiger partial charge in [-0.15, -0.1) is 0 Å². The van der Waals surface area contributed by atoms with E-state index >= 15 is 0 Å². The number of piperidine rings is 1. The molecule has 0 radical (unpaired) electrons. The summed E-state index contributed by atoms with van der Waals surface area (Å²) in [5, 5.41) is 3.45. The fourth-order valence-electron chi connectivity index (χ4n) is 2.17. The lowest BCUT2D eigenvalue weighted by atomic mass is 10.1. The molecule has 0 amide bonds. The molecule has 0 spiro atoms. The van der Waals surface area contributed by atoms with E-state index in [0.29, 0.717) is 11.9 Å². The van der Waals surface area contributed by atoms with Gasteiger partial charge in [0.1, 0.15) is 0 Å². The van der Waals surface area contributed by atoms with Crippen molar-refractivity contribution in [2.75, 3.05) is 25.5 Å². The van der Waals surface area contributed by atoms with Crippen molar-refractivity contribution < 1.29 is 9.53 Å². The monoisotopic (exact) mass is 277 g/mol. The molecule has 0 aromatic carbocycles. The summed E-state index contributed by atoms with van der Waals surface area (Å²) < 4.78 is 5.35. The van der Waals surface area contributed by atoms with E-state index in [0.717, 1.165) is 31.6 Å². The Kier molecular flexibility index (Phi) is 4.95. The fraction of sp³-hybridized carbons (Fsp3) is 0.600. The van der Waals surface area contributed by atoms with Crippen molar-refractivity contribution in [3.63, 3.8) is 0 Å². The van der Waals surface area contributed by atoms with Gasteiger partial charge in [-0.2, -0.15) is 0 Å². The second kappa shape index (κ2) is 6.70. The number of aromatic nitrogens is 1. The van der Waals surface area contributed by atoms with Crippen molar-refractivity contribution >= 4 is 11.7 Å². The van der Waals surface area contributed by atoms with Crippen LogP contribution in [0.1, 0.15) is 26.7 Å². The average molecular weight is 277 g/mol.